The minimum Gasteiger partial charge on any atom is -0.478 e. The van der Waals surface area contributed by atoms with Crippen LogP contribution >= 0.6 is 0 Å². The topological polar surface area (TPSA) is 73.4 Å². The van der Waals surface area contributed by atoms with Crippen LogP contribution in [0.1, 0.15) is 15.9 Å². The van der Waals surface area contributed by atoms with Crippen LogP contribution in [-0.4, -0.2) is 22.5 Å². The summed E-state index contributed by atoms with van der Waals surface area (Å²) in [5, 5.41) is 10.3. The van der Waals surface area contributed by atoms with Gasteiger partial charge in [0.05, 0.1) is 17.8 Å². The van der Waals surface area contributed by atoms with Crippen LogP contribution in [0, 0.1) is 0 Å². The zero-order chi connectivity index (χ0) is 15.5. The van der Waals surface area contributed by atoms with E-state index in [2.05, 4.69) is 4.98 Å². The third kappa shape index (κ3) is 2.44. The van der Waals surface area contributed by atoms with Crippen LogP contribution < -0.4 is 4.90 Å². The number of hydrogen-bond donors (Lipinski definition) is 2. The van der Waals surface area contributed by atoms with E-state index in [1.807, 2.05) is 30.5 Å². The van der Waals surface area contributed by atoms with Gasteiger partial charge in [-0.2, -0.15) is 0 Å². The number of anilines is 1. The highest BCUT2D eigenvalue weighted by atomic mass is 16.4. The van der Waals surface area contributed by atoms with Gasteiger partial charge in [-0.3, -0.25) is 4.79 Å². The van der Waals surface area contributed by atoms with E-state index in [4.69, 9.17) is 0 Å². The second-order valence-electron chi connectivity index (χ2n) is 4.91. The van der Waals surface area contributed by atoms with Gasteiger partial charge in [0.1, 0.15) is 0 Å². The van der Waals surface area contributed by atoms with Crippen molar-refractivity contribution in [3.63, 3.8) is 0 Å². The highest BCUT2D eigenvalue weighted by Gasteiger charge is 2.16. The van der Waals surface area contributed by atoms with E-state index < -0.39 is 5.97 Å². The molecule has 5 heteroatoms. The summed E-state index contributed by atoms with van der Waals surface area (Å²) in [6.07, 6.45) is 2.50. The molecular weight excluding hydrogens is 280 g/mol. The Morgan fingerprint density at radius 2 is 1.95 bits per heavy atom. The molecule has 0 aliphatic heterocycles. The molecule has 1 aromatic heterocycles. The molecule has 0 saturated carbocycles. The molecule has 1 heterocycles. The Labute approximate surface area is 126 Å². The number of hydrogen-bond acceptors (Lipinski definition) is 2. The predicted molar refractivity (Wildman–Crippen MR) is 83.9 cm³/mol. The maximum Gasteiger partial charge on any atom is 0.337 e. The molecule has 22 heavy (non-hydrogen) atoms. The quantitative estimate of drug-likeness (QED) is 0.710. The number of para-hydroxylation sites is 1. The zero-order valence-electron chi connectivity index (χ0n) is 11.7. The number of carbonyl (C=O) groups excluding carboxylic acids is 1. The summed E-state index contributed by atoms with van der Waals surface area (Å²) in [5.74, 6) is -1.05. The average molecular weight is 294 g/mol. The predicted octanol–water partition coefficient (Wildman–Crippen LogP) is 3.03. The first-order valence-corrected chi connectivity index (χ1v) is 6.80. The lowest BCUT2D eigenvalue weighted by atomic mass is 10.1. The SMILES string of the molecule is O=CN(Cc1cccc2[nH]ccc12)c1ccccc1C(=O)O. The van der Waals surface area contributed by atoms with Gasteiger partial charge in [-0.05, 0) is 29.8 Å². The maximum atomic E-state index is 11.5. The van der Waals surface area contributed by atoms with Crippen molar-refractivity contribution in [1.82, 2.24) is 4.98 Å². The number of fused-ring (bicyclic) bond motifs is 1. The van der Waals surface area contributed by atoms with Crippen LogP contribution in [0.2, 0.25) is 0 Å². The number of rotatable bonds is 5. The van der Waals surface area contributed by atoms with Crippen molar-refractivity contribution < 1.29 is 14.7 Å². The van der Waals surface area contributed by atoms with Gasteiger partial charge >= 0.3 is 5.97 Å². The van der Waals surface area contributed by atoms with Gasteiger partial charge < -0.3 is 15.0 Å². The van der Waals surface area contributed by atoms with Gasteiger partial charge in [0.15, 0.2) is 0 Å². The summed E-state index contributed by atoms with van der Waals surface area (Å²) in [6, 6.07) is 14.2. The lowest BCUT2D eigenvalue weighted by molar-refractivity contribution is -0.107. The number of carbonyl (C=O) groups is 2. The van der Waals surface area contributed by atoms with Gasteiger partial charge in [0.25, 0.3) is 0 Å². The molecular formula is C17H14N2O3. The van der Waals surface area contributed by atoms with Crippen LogP contribution in [0.3, 0.4) is 0 Å². The maximum absolute atomic E-state index is 11.5. The molecule has 0 bridgehead atoms. The third-order valence-electron chi connectivity index (χ3n) is 3.60. The molecule has 5 nitrogen and oxygen atoms in total. The molecule has 2 aromatic carbocycles. The van der Waals surface area contributed by atoms with Crippen molar-refractivity contribution in [3.8, 4) is 0 Å². The molecule has 0 aliphatic rings. The lowest BCUT2D eigenvalue weighted by Gasteiger charge is -2.20. The van der Waals surface area contributed by atoms with Gasteiger partial charge in [-0.1, -0.05) is 24.3 Å². The summed E-state index contributed by atoms with van der Waals surface area (Å²) in [6.45, 7) is 0.309. The van der Waals surface area contributed by atoms with Crippen molar-refractivity contribution in [2.45, 2.75) is 6.54 Å². The van der Waals surface area contributed by atoms with E-state index in [-0.39, 0.29) is 5.56 Å². The number of carboxylic acids is 1. The van der Waals surface area contributed by atoms with E-state index in [0.717, 1.165) is 16.5 Å². The van der Waals surface area contributed by atoms with E-state index >= 15 is 0 Å². The molecule has 0 aliphatic carbocycles. The van der Waals surface area contributed by atoms with Crippen LogP contribution in [0.4, 0.5) is 5.69 Å². The smallest absolute Gasteiger partial charge is 0.337 e. The normalized spacial score (nSPS) is 10.5. The first kappa shape index (κ1) is 13.9. The van der Waals surface area contributed by atoms with Gasteiger partial charge in [-0.25, -0.2) is 4.79 Å². The molecule has 0 radical (unpaired) electrons. The average Bonchev–Trinajstić information content (AvgIpc) is 3.02. The van der Waals surface area contributed by atoms with E-state index in [0.29, 0.717) is 18.6 Å². The zero-order valence-corrected chi connectivity index (χ0v) is 11.7. The third-order valence-corrected chi connectivity index (χ3v) is 3.60. The second kappa shape index (κ2) is 5.73. The fourth-order valence-corrected chi connectivity index (χ4v) is 2.56. The lowest BCUT2D eigenvalue weighted by Crippen LogP contribution is -2.22. The number of nitrogens with zero attached hydrogens (tertiary/aromatic N) is 1. The molecule has 3 rings (SSSR count). The van der Waals surface area contributed by atoms with Gasteiger partial charge in [-0.15, -0.1) is 0 Å². The number of aromatic nitrogens is 1. The van der Waals surface area contributed by atoms with Crippen molar-refractivity contribution in [1.29, 1.82) is 0 Å². The number of aromatic amines is 1. The summed E-state index contributed by atoms with van der Waals surface area (Å²) in [7, 11) is 0. The molecule has 3 aromatic rings. The molecule has 2 N–H and O–H groups in total. The summed E-state index contributed by atoms with van der Waals surface area (Å²) < 4.78 is 0. The Morgan fingerprint density at radius 1 is 1.14 bits per heavy atom. The van der Waals surface area contributed by atoms with Crippen molar-refractivity contribution in [2.75, 3.05) is 4.90 Å². The molecule has 0 fully saturated rings. The fourth-order valence-electron chi connectivity index (χ4n) is 2.56. The standard InChI is InChI=1S/C17H14N2O3/c20-11-19(16-7-2-1-5-14(16)17(21)22)10-12-4-3-6-15-13(12)8-9-18-15/h1-9,11,18H,10H2,(H,21,22). The highest BCUT2D eigenvalue weighted by molar-refractivity contribution is 5.97. The molecule has 0 atom stereocenters. The van der Waals surface area contributed by atoms with Crippen LogP contribution in [-0.2, 0) is 11.3 Å². The molecule has 0 saturated heterocycles. The number of aromatic carboxylic acids is 1. The molecule has 0 spiro atoms. The fraction of sp³-hybridized carbons (Fsp3) is 0.0588. The second-order valence-corrected chi connectivity index (χ2v) is 4.91. The minimum absolute atomic E-state index is 0.107. The first-order chi connectivity index (χ1) is 10.7. The minimum atomic E-state index is -1.05. The summed E-state index contributed by atoms with van der Waals surface area (Å²) >= 11 is 0. The molecule has 0 unspecified atom stereocenters. The highest BCUT2D eigenvalue weighted by Crippen LogP contribution is 2.24. The summed E-state index contributed by atoms with van der Waals surface area (Å²) in [4.78, 5) is 27.3. The number of benzene rings is 2. The summed E-state index contributed by atoms with van der Waals surface area (Å²) in [5.41, 5.74) is 2.43. The Balaban J connectivity index is 2.01. The number of amides is 1. The van der Waals surface area contributed by atoms with E-state index in [9.17, 15) is 14.7 Å². The van der Waals surface area contributed by atoms with Gasteiger partial charge in [0, 0.05) is 17.1 Å². The monoisotopic (exact) mass is 294 g/mol. The van der Waals surface area contributed by atoms with Crippen LogP contribution in [0.25, 0.3) is 10.9 Å². The Morgan fingerprint density at radius 3 is 2.73 bits per heavy atom. The molecule has 1 amide bonds. The van der Waals surface area contributed by atoms with Crippen LogP contribution in [0.5, 0.6) is 0 Å². The van der Waals surface area contributed by atoms with Crippen molar-refractivity contribution in [3.05, 3.63) is 65.9 Å². The molecule has 110 valence electrons. The Hall–Kier alpha value is -3.08. The van der Waals surface area contributed by atoms with Crippen molar-refractivity contribution >= 4 is 29.0 Å². The van der Waals surface area contributed by atoms with Gasteiger partial charge in [0.2, 0.25) is 6.41 Å². The van der Waals surface area contributed by atoms with Crippen molar-refractivity contribution in [2.24, 2.45) is 0 Å². The van der Waals surface area contributed by atoms with E-state index in [1.165, 1.54) is 11.0 Å². The number of nitrogens with one attached hydrogen (secondary N) is 1. The largest absolute Gasteiger partial charge is 0.478 e. The van der Waals surface area contributed by atoms with Crippen LogP contribution in [0.15, 0.2) is 54.7 Å². The first-order valence-electron chi connectivity index (χ1n) is 6.80. The van der Waals surface area contributed by atoms with E-state index in [1.54, 1.807) is 18.2 Å². The Bertz CT molecular complexity index is 839. The number of H-pyrrole nitrogens is 1. The number of carboxylic acid groups (broad SMARTS) is 1. The Kier molecular flexibility index (Phi) is 3.62.